The quantitative estimate of drug-likeness (QED) is 0.332. The van der Waals surface area contributed by atoms with Gasteiger partial charge in [-0.1, -0.05) is 5.10 Å². The molecule has 2 aromatic carbocycles. The minimum atomic E-state index is -3.39. The number of aromatic nitrogens is 2. The Balaban J connectivity index is 1.65. The number of sulfone groups is 1. The van der Waals surface area contributed by atoms with E-state index in [1.165, 1.54) is 48.6 Å². The van der Waals surface area contributed by atoms with E-state index in [4.69, 9.17) is 4.42 Å². The molecule has 3 aromatic rings. The number of hydrogen-bond acceptors (Lipinski definition) is 8. The van der Waals surface area contributed by atoms with Gasteiger partial charge in [-0.2, -0.15) is 0 Å². The largest absolute Gasteiger partial charge is 0.403 e. The average Bonchev–Trinajstić information content (AvgIpc) is 3.21. The number of nitrogens with zero attached hydrogens (tertiary/aromatic N) is 3. The highest BCUT2D eigenvalue weighted by Crippen LogP contribution is 2.23. The Kier molecular flexibility index (Phi) is 6.25. The number of carbonyl (C=O) groups is 1. The molecule has 0 fully saturated rings. The van der Waals surface area contributed by atoms with Crippen LogP contribution in [0.15, 0.2) is 63.9 Å². The highest BCUT2D eigenvalue weighted by Gasteiger charge is 2.19. The van der Waals surface area contributed by atoms with Crippen LogP contribution in [-0.4, -0.2) is 34.7 Å². The van der Waals surface area contributed by atoms with Gasteiger partial charge in [0.2, 0.25) is 5.89 Å². The smallest absolute Gasteiger partial charge is 0.322 e. The first-order chi connectivity index (χ1) is 14.7. The minimum Gasteiger partial charge on any atom is -0.403 e. The van der Waals surface area contributed by atoms with Gasteiger partial charge in [0.05, 0.1) is 15.1 Å². The fourth-order valence-corrected chi connectivity index (χ4v) is 3.54. The summed E-state index contributed by atoms with van der Waals surface area (Å²) in [6, 6.07) is 11.6. The number of anilines is 1. The van der Waals surface area contributed by atoms with E-state index in [0.717, 1.165) is 0 Å². The van der Waals surface area contributed by atoms with Crippen LogP contribution >= 0.6 is 0 Å². The molecule has 3 rings (SSSR count). The van der Waals surface area contributed by atoms with Gasteiger partial charge in [0.15, 0.2) is 9.84 Å². The highest BCUT2D eigenvalue weighted by atomic mass is 32.2. The summed E-state index contributed by atoms with van der Waals surface area (Å²) in [6.45, 7) is 3.21. The van der Waals surface area contributed by atoms with Crippen LogP contribution in [0.3, 0.4) is 0 Å². The number of rotatable bonds is 7. The van der Waals surface area contributed by atoms with Crippen molar-refractivity contribution in [2.24, 2.45) is 0 Å². The van der Waals surface area contributed by atoms with Crippen molar-refractivity contribution in [2.45, 2.75) is 24.0 Å². The first kappa shape index (κ1) is 21.8. The van der Waals surface area contributed by atoms with Crippen molar-refractivity contribution in [1.82, 2.24) is 10.2 Å². The molecule has 1 aromatic heterocycles. The SMILES string of the molecule is CC(C)S(=O)(=O)c1ccc(-c2nnc(NC(=O)/C=C\c3ccc([N+](=O)[O-])cc3)o2)cc1. The first-order valence-corrected chi connectivity index (χ1v) is 10.6. The van der Waals surface area contributed by atoms with Crippen LogP contribution < -0.4 is 5.32 Å². The minimum absolute atomic E-state index is 0.0465. The zero-order chi connectivity index (χ0) is 22.6. The molecule has 31 heavy (non-hydrogen) atoms. The Labute approximate surface area is 177 Å². The topological polar surface area (TPSA) is 145 Å². The summed E-state index contributed by atoms with van der Waals surface area (Å²) < 4.78 is 29.8. The summed E-state index contributed by atoms with van der Waals surface area (Å²) in [6.07, 6.45) is 2.70. The second-order valence-corrected chi connectivity index (χ2v) is 9.21. The van der Waals surface area contributed by atoms with Crippen LogP contribution in [0.4, 0.5) is 11.7 Å². The van der Waals surface area contributed by atoms with Crippen LogP contribution in [0.2, 0.25) is 0 Å². The third kappa shape index (κ3) is 5.20. The normalized spacial score (nSPS) is 11.7. The van der Waals surface area contributed by atoms with Gasteiger partial charge in [0.25, 0.3) is 11.6 Å². The van der Waals surface area contributed by atoms with E-state index in [9.17, 15) is 23.3 Å². The van der Waals surface area contributed by atoms with Crippen molar-refractivity contribution >= 4 is 33.5 Å². The van der Waals surface area contributed by atoms with E-state index >= 15 is 0 Å². The van der Waals surface area contributed by atoms with Gasteiger partial charge in [0.1, 0.15) is 0 Å². The molecule has 0 unspecified atom stereocenters. The Morgan fingerprint density at radius 3 is 2.32 bits per heavy atom. The van der Waals surface area contributed by atoms with Gasteiger partial charge in [0, 0.05) is 23.8 Å². The third-order valence-corrected chi connectivity index (χ3v) is 6.41. The number of carbonyl (C=O) groups excluding carboxylic acids is 1. The maximum absolute atomic E-state index is 12.2. The summed E-state index contributed by atoms with van der Waals surface area (Å²) >= 11 is 0. The summed E-state index contributed by atoms with van der Waals surface area (Å²) in [5, 5.41) is 20.1. The zero-order valence-electron chi connectivity index (χ0n) is 16.6. The second-order valence-electron chi connectivity index (χ2n) is 6.70. The van der Waals surface area contributed by atoms with Crippen LogP contribution in [0.5, 0.6) is 0 Å². The van der Waals surface area contributed by atoms with Crippen LogP contribution in [0.25, 0.3) is 17.5 Å². The monoisotopic (exact) mass is 442 g/mol. The molecular weight excluding hydrogens is 424 g/mol. The Bertz CT molecular complexity index is 1230. The van der Waals surface area contributed by atoms with Gasteiger partial charge in [-0.3, -0.25) is 20.2 Å². The van der Waals surface area contributed by atoms with Crippen molar-refractivity contribution in [2.75, 3.05) is 5.32 Å². The van der Waals surface area contributed by atoms with E-state index in [1.807, 2.05) is 0 Å². The van der Waals surface area contributed by atoms with Gasteiger partial charge in [-0.15, -0.1) is 5.10 Å². The third-order valence-electron chi connectivity index (χ3n) is 4.24. The van der Waals surface area contributed by atoms with E-state index in [2.05, 4.69) is 15.5 Å². The number of amides is 1. The van der Waals surface area contributed by atoms with E-state index in [0.29, 0.717) is 11.1 Å². The molecule has 11 heteroatoms. The number of non-ortho nitro benzene ring substituents is 1. The Morgan fingerprint density at radius 2 is 1.74 bits per heavy atom. The number of nitro benzene ring substituents is 1. The van der Waals surface area contributed by atoms with E-state index in [-0.39, 0.29) is 22.5 Å². The van der Waals surface area contributed by atoms with Gasteiger partial charge in [-0.05, 0) is 61.9 Å². The van der Waals surface area contributed by atoms with Crippen molar-refractivity contribution in [3.8, 4) is 11.5 Å². The summed E-state index contributed by atoms with van der Waals surface area (Å²) in [5.41, 5.74) is 1.05. The molecule has 0 saturated heterocycles. The molecule has 0 aliphatic rings. The maximum Gasteiger partial charge on any atom is 0.322 e. The molecule has 0 atom stereocenters. The molecule has 1 amide bonds. The van der Waals surface area contributed by atoms with Crippen LogP contribution in [0, 0.1) is 10.1 Å². The first-order valence-electron chi connectivity index (χ1n) is 9.08. The summed E-state index contributed by atoms with van der Waals surface area (Å²) in [4.78, 5) is 22.4. The van der Waals surface area contributed by atoms with Crippen molar-refractivity contribution in [3.63, 3.8) is 0 Å². The maximum atomic E-state index is 12.2. The Morgan fingerprint density at radius 1 is 1.10 bits per heavy atom. The van der Waals surface area contributed by atoms with Crippen molar-refractivity contribution in [3.05, 3.63) is 70.3 Å². The number of benzene rings is 2. The predicted octanol–water partition coefficient (Wildman–Crippen LogP) is 3.48. The fourth-order valence-electron chi connectivity index (χ4n) is 2.48. The number of hydrogen-bond donors (Lipinski definition) is 1. The van der Waals surface area contributed by atoms with Crippen molar-refractivity contribution < 1.29 is 22.6 Å². The lowest BCUT2D eigenvalue weighted by Crippen LogP contribution is -2.13. The van der Waals surface area contributed by atoms with Crippen LogP contribution in [-0.2, 0) is 14.6 Å². The van der Waals surface area contributed by atoms with Crippen molar-refractivity contribution in [1.29, 1.82) is 0 Å². The molecular formula is C20H18N4O6S. The van der Waals surface area contributed by atoms with Gasteiger partial charge in [-0.25, -0.2) is 8.42 Å². The molecule has 0 saturated carbocycles. The lowest BCUT2D eigenvalue weighted by molar-refractivity contribution is -0.384. The summed E-state index contributed by atoms with van der Waals surface area (Å²) in [5.74, 6) is -0.421. The van der Waals surface area contributed by atoms with E-state index < -0.39 is 25.9 Å². The molecule has 1 heterocycles. The lowest BCUT2D eigenvalue weighted by atomic mass is 10.2. The molecule has 1 N–H and O–H groups in total. The molecule has 0 bridgehead atoms. The zero-order valence-corrected chi connectivity index (χ0v) is 17.4. The highest BCUT2D eigenvalue weighted by molar-refractivity contribution is 7.92. The molecule has 0 aliphatic carbocycles. The predicted molar refractivity (Wildman–Crippen MR) is 113 cm³/mol. The van der Waals surface area contributed by atoms with E-state index in [1.54, 1.807) is 26.0 Å². The number of nitrogens with one attached hydrogen (secondary N) is 1. The molecule has 0 aliphatic heterocycles. The van der Waals surface area contributed by atoms with Crippen LogP contribution in [0.1, 0.15) is 19.4 Å². The molecule has 0 spiro atoms. The Hall–Kier alpha value is -3.86. The van der Waals surface area contributed by atoms with Gasteiger partial charge >= 0.3 is 6.01 Å². The van der Waals surface area contributed by atoms with Gasteiger partial charge < -0.3 is 4.42 Å². The molecule has 10 nitrogen and oxygen atoms in total. The second kappa shape index (κ2) is 8.88. The fraction of sp³-hybridized carbons (Fsp3) is 0.150. The lowest BCUT2D eigenvalue weighted by Gasteiger charge is -2.07. The standard InChI is InChI=1S/C20H18N4O6S/c1-13(2)31(28,29)17-10-6-15(7-11-17)19-22-23-20(30-19)21-18(25)12-5-14-3-8-16(9-4-14)24(26)27/h3-13H,1-2H3,(H,21,23,25)/b12-5-. The molecule has 160 valence electrons. The molecule has 0 radical (unpaired) electrons. The number of nitro groups is 1. The summed E-state index contributed by atoms with van der Waals surface area (Å²) in [7, 11) is -3.39. The average molecular weight is 442 g/mol.